The van der Waals surface area contributed by atoms with Gasteiger partial charge in [-0.25, -0.2) is 0 Å². The zero-order valence-corrected chi connectivity index (χ0v) is 10.3. The van der Waals surface area contributed by atoms with Gasteiger partial charge in [0.1, 0.15) is 0 Å². The molecule has 0 radical (unpaired) electrons. The SMILES string of the molecule is C=CCC([SiH3])(CCC)CCC. The van der Waals surface area contributed by atoms with Crippen LogP contribution in [0.1, 0.15) is 46.0 Å². The lowest BCUT2D eigenvalue weighted by Crippen LogP contribution is -2.11. The van der Waals surface area contributed by atoms with Crippen LogP contribution in [0.3, 0.4) is 0 Å². The number of rotatable bonds is 6. The van der Waals surface area contributed by atoms with Gasteiger partial charge < -0.3 is 0 Å². The quantitative estimate of drug-likeness (QED) is 0.425. The number of allylic oxidation sites excluding steroid dienone is 1. The van der Waals surface area contributed by atoms with E-state index >= 15 is 0 Å². The molecular formula is C10H22Si. The van der Waals surface area contributed by atoms with Gasteiger partial charge in [0.05, 0.1) is 0 Å². The first kappa shape index (κ1) is 11.0. The first-order chi connectivity index (χ1) is 5.18. The molecule has 0 aromatic carbocycles. The standard InChI is InChI=1S/C10H22Si/c1-4-7-10(11,8-5-2)9-6-3/h4H,1,5-9H2,2-3,11H3. The van der Waals surface area contributed by atoms with Crippen molar-refractivity contribution in [3.63, 3.8) is 0 Å². The summed E-state index contributed by atoms with van der Waals surface area (Å²) in [4.78, 5) is 0. The summed E-state index contributed by atoms with van der Waals surface area (Å²) < 4.78 is 0. The van der Waals surface area contributed by atoms with Crippen molar-refractivity contribution < 1.29 is 0 Å². The summed E-state index contributed by atoms with van der Waals surface area (Å²) in [6, 6.07) is 0. The molecule has 0 atom stereocenters. The first-order valence-electron chi connectivity index (χ1n) is 4.79. The van der Waals surface area contributed by atoms with Gasteiger partial charge in [-0.05, 0) is 11.5 Å². The summed E-state index contributed by atoms with van der Waals surface area (Å²) in [5.41, 5.74) is 0. The van der Waals surface area contributed by atoms with Crippen LogP contribution in [0.15, 0.2) is 12.7 Å². The fourth-order valence-corrected chi connectivity index (χ4v) is 3.17. The highest BCUT2D eigenvalue weighted by Gasteiger charge is 2.19. The molecule has 0 aliphatic carbocycles. The van der Waals surface area contributed by atoms with Crippen molar-refractivity contribution in [3.05, 3.63) is 12.7 Å². The first-order valence-corrected chi connectivity index (χ1v) is 5.79. The third kappa shape index (κ3) is 4.41. The molecule has 0 aromatic heterocycles. The average molecular weight is 170 g/mol. The van der Waals surface area contributed by atoms with Gasteiger partial charge in [0.15, 0.2) is 0 Å². The summed E-state index contributed by atoms with van der Waals surface area (Å²) in [6.07, 6.45) is 8.80. The lowest BCUT2D eigenvalue weighted by Gasteiger charge is -2.27. The third-order valence-corrected chi connectivity index (χ3v) is 3.75. The molecule has 0 aromatic rings. The minimum absolute atomic E-state index is 0.672. The second kappa shape index (κ2) is 5.59. The minimum Gasteiger partial charge on any atom is -0.103 e. The molecule has 1 heteroatoms. The lowest BCUT2D eigenvalue weighted by atomic mass is 9.93. The van der Waals surface area contributed by atoms with Gasteiger partial charge in [-0.15, -0.1) is 6.58 Å². The van der Waals surface area contributed by atoms with Crippen LogP contribution in [0, 0.1) is 0 Å². The Hall–Kier alpha value is -0.0431. The molecule has 0 heterocycles. The smallest absolute Gasteiger partial charge is 0.0110 e. The van der Waals surface area contributed by atoms with Crippen LogP contribution in [0.4, 0.5) is 0 Å². The van der Waals surface area contributed by atoms with Crippen LogP contribution in [0.25, 0.3) is 0 Å². The zero-order valence-electron chi connectivity index (χ0n) is 8.32. The largest absolute Gasteiger partial charge is 0.103 e. The predicted octanol–water partition coefficient (Wildman–Crippen LogP) is 2.69. The minimum atomic E-state index is 0.672. The second-order valence-electron chi connectivity index (χ2n) is 3.80. The molecule has 0 saturated carbocycles. The Labute approximate surface area is 74.5 Å². The van der Waals surface area contributed by atoms with E-state index in [9.17, 15) is 0 Å². The molecule has 0 N–H and O–H groups in total. The van der Waals surface area contributed by atoms with Crippen molar-refractivity contribution in [1.82, 2.24) is 0 Å². The molecule has 0 unspecified atom stereocenters. The third-order valence-electron chi connectivity index (χ3n) is 2.34. The van der Waals surface area contributed by atoms with Crippen LogP contribution in [0.2, 0.25) is 5.04 Å². The molecule has 0 aliphatic heterocycles. The maximum atomic E-state index is 3.83. The highest BCUT2D eigenvalue weighted by Crippen LogP contribution is 2.37. The molecule has 0 amide bonds. The second-order valence-corrected chi connectivity index (χ2v) is 5.92. The summed E-state index contributed by atoms with van der Waals surface area (Å²) in [7, 11) is 1.33. The highest BCUT2D eigenvalue weighted by molar-refractivity contribution is 6.15. The van der Waals surface area contributed by atoms with Crippen LogP contribution < -0.4 is 0 Å². The van der Waals surface area contributed by atoms with Gasteiger partial charge in [-0.3, -0.25) is 0 Å². The summed E-state index contributed by atoms with van der Waals surface area (Å²) >= 11 is 0. The van der Waals surface area contributed by atoms with E-state index in [-0.39, 0.29) is 0 Å². The van der Waals surface area contributed by atoms with Gasteiger partial charge in [0.2, 0.25) is 0 Å². The Morgan fingerprint density at radius 3 is 2.00 bits per heavy atom. The van der Waals surface area contributed by atoms with Gasteiger partial charge in [0, 0.05) is 10.2 Å². The Morgan fingerprint density at radius 1 is 1.27 bits per heavy atom. The van der Waals surface area contributed by atoms with E-state index < -0.39 is 0 Å². The van der Waals surface area contributed by atoms with E-state index in [1.165, 1.54) is 42.3 Å². The van der Waals surface area contributed by atoms with Gasteiger partial charge >= 0.3 is 0 Å². The van der Waals surface area contributed by atoms with Gasteiger partial charge in [0.25, 0.3) is 0 Å². The van der Waals surface area contributed by atoms with Crippen molar-refractivity contribution in [2.45, 2.75) is 51.0 Å². The molecular weight excluding hydrogens is 148 g/mol. The maximum absolute atomic E-state index is 3.83. The number of hydrogen-bond acceptors (Lipinski definition) is 0. The van der Waals surface area contributed by atoms with E-state index in [1.807, 2.05) is 0 Å². The van der Waals surface area contributed by atoms with Gasteiger partial charge in [-0.2, -0.15) is 0 Å². The highest BCUT2D eigenvalue weighted by atomic mass is 28.1. The molecule has 0 fully saturated rings. The van der Waals surface area contributed by atoms with E-state index in [1.54, 1.807) is 0 Å². The molecule has 0 nitrogen and oxygen atoms in total. The Bertz CT molecular complexity index is 101. The van der Waals surface area contributed by atoms with Crippen molar-refractivity contribution in [1.29, 1.82) is 0 Å². The molecule has 0 spiro atoms. The number of hydrogen-bond donors (Lipinski definition) is 0. The average Bonchev–Trinajstić information content (AvgIpc) is 1.88. The van der Waals surface area contributed by atoms with E-state index in [2.05, 4.69) is 26.5 Å². The predicted molar refractivity (Wildman–Crippen MR) is 57.3 cm³/mol. The summed E-state index contributed by atoms with van der Waals surface area (Å²) in [6.45, 7) is 8.40. The fourth-order valence-electron chi connectivity index (χ4n) is 1.88. The van der Waals surface area contributed by atoms with Crippen LogP contribution in [-0.4, -0.2) is 10.2 Å². The fraction of sp³-hybridized carbons (Fsp3) is 0.800. The normalized spacial score (nSPS) is 11.8. The van der Waals surface area contributed by atoms with Gasteiger partial charge in [-0.1, -0.05) is 45.6 Å². The lowest BCUT2D eigenvalue weighted by molar-refractivity contribution is 0.470. The summed E-state index contributed by atoms with van der Waals surface area (Å²) in [5.74, 6) is 0. The van der Waals surface area contributed by atoms with Crippen LogP contribution >= 0.6 is 0 Å². The summed E-state index contributed by atoms with van der Waals surface area (Å²) in [5, 5.41) is 0.672. The van der Waals surface area contributed by atoms with Crippen molar-refractivity contribution in [2.24, 2.45) is 0 Å². The monoisotopic (exact) mass is 170 g/mol. The van der Waals surface area contributed by atoms with Crippen molar-refractivity contribution in [3.8, 4) is 0 Å². The van der Waals surface area contributed by atoms with Crippen LogP contribution in [0.5, 0.6) is 0 Å². The maximum Gasteiger partial charge on any atom is 0.0110 e. The molecule has 11 heavy (non-hydrogen) atoms. The molecule has 0 aliphatic rings. The Balaban J connectivity index is 3.88. The zero-order chi connectivity index (χ0) is 8.74. The Kier molecular flexibility index (Phi) is 5.57. The molecule has 66 valence electrons. The van der Waals surface area contributed by atoms with Crippen molar-refractivity contribution >= 4 is 10.2 Å². The van der Waals surface area contributed by atoms with E-state index in [0.29, 0.717) is 5.04 Å². The van der Waals surface area contributed by atoms with E-state index in [0.717, 1.165) is 0 Å². The van der Waals surface area contributed by atoms with Crippen LogP contribution in [-0.2, 0) is 0 Å². The molecule has 0 saturated heterocycles. The van der Waals surface area contributed by atoms with E-state index in [4.69, 9.17) is 0 Å². The molecule has 0 bridgehead atoms. The van der Waals surface area contributed by atoms with Crippen molar-refractivity contribution in [2.75, 3.05) is 0 Å². The topological polar surface area (TPSA) is 0 Å². The Morgan fingerprint density at radius 2 is 1.73 bits per heavy atom. The molecule has 0 rings (SSSR count).